The number of aryl methyl sites for hydroxylation is 3. The molecule has 3 rings (SSSR count). The van der Waals surface area contributed by atoms with Crippen LogP contribution in [0.25, 0.3) is 0 Å². The maximum atomic E-state index is 3.15. The standard InChI is InChI=1S/C21H25N/c1-16-14-17(2)21(18(3)15-16)22-12-10-20(11-13-22)19-8-6-4-5-7-9-19/h4,6-9,14-15,20H,10-13H2,1-3H3. The van der Waals surface area contributed by atoms with Gasteiger partial charge in [-0.25, -0.2) is 0 Å². The summed E-state index contributed by atoms with van der Waals surface area (Å²) in [5.74, 6) is 0.683. The van der Waals surface area contributed by atoms with Crippen LogP contribution >= 0.6 is 0 Å². The summed E-state index contributed by atoms with van der Waals surface area (Å²) in [6.07, 6.45) is 13.1. The molecule has 0 aromatic heterocycles. The first-order valence-electron chi connectivity index (χ1n) is 8.27. The number of hydrogen-bond acceptors (Lipinski definition) is 1. The second-order valence-electron chi connectivity index (χ2n) is 6.53. The van der Waals surface area contributed by atoms with Crippen LogP contribution in [0.4, 0.5) is 5.69 Å². The Hall–Kier alpha value is -1.98. The number of hydrogen-bond donors (Lipinski definition) is 0. The van der Waals surface area contributed by atoms with Gasteiger partial charge in [-0.05, 0) is 68.4 Å². The summed E-state index contributed by atoms with van der Waals surface area (Å²) in [6, 6.07) is 4.61. The fourth-order valence-electron chi connectivity index (χ4n) is 3.85. The normalized spacial score (nSPS) is 18.5. The summed E-state index contributed by atoms with van der Waals surface area (Å²) in [7, 11) is 0. The van der Waals surface area contributed by atoms with Crippen molar-refractivity contribution in [3.63, 3.8) is 0 Å². The minimum atomic E-state index is 0.683. The van der Waals surface area contributed by atoms with E-state index in [0.29, 0.717) is 5.92 Å². The molecule has 1 aromatic rings. The van der Waals surface area contributed by atoms with Crippen molar-refractivity contribution < 1.29 is 0 Å². The molecule has 0 atom stereocenters. The van der Waals surface area contributed by atoms with Crippen LogP contribution in [0.3, 0.4) is 0 Å². The van der Waals surface area contributed by atoms with Gasteiger partial charge in [-0.15, -0.1) is 5.73 Å². The van der Waals surface area contributed by atoms with Gasteiger partial charge in [0.1, 0.15) is 0 Å². The van der Waals surface area contributed by atoms with Gasteiger partial charge in [0.05, 0.1) is 0 Å². The van der Waals surface area contributed by atoms with Crippen LogP contribution in [0, 0.1) is 26.7 Å². The molecule has 22 heavy (non-hydrogen) atoms. The Labute approximate surface area is 134 Å². The second kappa shape index (κ2) is 6.42. The number of allylic oxidation sites excluding steroid dienone is 5. The SMILES string of the molecule is Cc1cc(C)c(N2CCC(C3=CC=C=CC=C3)CC2)c(C)c1. The van der Waals surface area contributed by atoms with E-state index in [9.17, 15) is 0 Å². The number of anilines is 1. The molecule has 1 aliphatic heterocycles. The zero-order valence-electron chi connectivity index (χ0n) is 13.9. The third-order valence-electron chi connectivity index (χ3n) is 4.77. The predicted molar refractivity (Wildman–Crippen MR) is 95.5 cm³/mol. The lowest BCUT2D eigenvalue weighted by atomic mass is 9.88. The van der Waals surface area contributed by atoms with Crippen molar-refractivity contribution >= 4 is 5.69 Å². The lowest BCUT2D eigenvalue weighted by molar-refractivity contribution is 0.464. The van der Waals surface area contributed by atoms with E-state index in [4.69, 9.17) is 0 Å². The Kier molecular flexibility index (Phi) is 4.36. The fourth-order valence-corrected chi connectivity index (χ4v) is 3.85. The van der Waals surface area contributed by atoms with E-state index in [-0.39, 0.29) is 0 Å². The van der Waals surface area contributed by atoms with Gasteiger partial charge in [-0.1, -0.05) is 35.9 Å². The topological polar surface area (TPSA) is 3.24 Å². The first-order valence-corrected chi connectivity index (χ1v) is 8.27. The Balaban J connectivity index is 1.72. The number of piperidine rings is 1. The van der Waals surface area contributed by atoms with Gasteiger partial charge < -0.3 is 4.90 Å². The second-order valence-corrected chi connectivity index (χ2v) is 6.53. The molecule has 0 radical (unpaired) electrons. The molecular formula is C21H25N. The molecule has 1 heterocycles. The van der Waals surface area contributed by atoms with Crippen LogP contribution in [0.2, 0.25) is 0 Å². The molecule has 1 heteroatoms. The van der Waals surface area contributed by atoms with Gasteiger partial charge in [0, 0.05) is 18.8 Å². The van der Waals surface area contributed by atoms with Crippen molar-refractivity contribution in [2.24, 2.45) is 5.92 Å². The summed E-state index contributed by atoms with van der Waals surface area (Å²) >= 11 is 0. The average molecular weight is 291 g/mol. The third kappa shape index (κ3) is 3.10. The van der Waals surface area contributed by atoms with E-state index in [2.05, 4.69) is 61.8 Å². The first-order chi connectivity index (χ1) is 10.6. The molecule has 0 bridgehead atoms. The molecule has 0 N–H and O–H groups in total. The molecule has 0 unspecified atom stereocenters. The average Bonchev–Trinajstić information content (AvgIpc) is 2.76. The van der Waals surface area contributed by atoms with Crippen molar-refractivity contribution in [3.05, 3.63) is 70.5 Å². The predicted octanol–water partition coefficient (Wildman–Crippen LogP) is 5.04. The van der Waals surface area contributed by atoms with E-state index in [1.54, 1.807) is 0 Å². The van der Waals surface area contributed by atoms with E-state index in [1.807, 2.05) is 12.2 Å². The van der Waals surface area contributed by atoms with E-state index in [1.165, 1.54) is 40.8 Å². The molecular weight excluding hydrogens is 266 g/mol. The molecule has 1 aromatic carbocycles. The molecule has 1 aliphatic carbocycles. The Bertz CT molecular complexity index is 653. The Morgan fingerprint density at radius 3 is 2.36 bits per heavy atom. The summed E-state index contributed by atoms with van der Waals surface area (Å²) in [5, 5.41) is 0. The van der Waals surface area contributed by atoms with Crippen molar-refractivity contribution in [1.29, 1.82) is 0 Å². The van der Waals surface area contributed by atoms with E-state index < -0.39 is 0 Å². The summed E-state index contributed by atoms with van der Waals surface area (Å²) in [6.45, 7) is 8.97. The smallest absolute Gasteiger partial charge is 0.0425 e. The van der Waals surface area contributed by atoms with Crippen molar-refractivity contribution in [3.8, 4) is 0 Å². The molecule has 1 fully saturated rings. The fraction of sp³-hybridized carbons (Fsp3) is 0.381. The number of rotatable bonds is 2. The minimum Gasteiger partial charge on any atom is -0.371 e. The zero-order valence-corrected chi connectivity index (χ0v) is 13.9. The molecule has 1 saturated heterocycles. The van der Waals surface area contributed by atoms with Crippen molar-refractivity contribution in [2.75, 3.05) is 18.0 Å². The molecule has 114 valence electrons. The van der Waals surface area contributed by atoms with Crippen LogP contribution in [0.1, 0.15) is 29.5 Å². The maximum Gasteiger partial charge on any atom is 0.0425 e. The minimum absolute atomic E-state index is 0.683. The molecule has 0 saturated carbocycles. The maximum absolute atomic E-state index is 3.15. The molecule has 1 nitrogen and oxygen atoms in total. The highest BCUT2D eigenvalue weighted by atomic mass is 15.1. The van der Waals surface area contributed by atoms with E-state index >= 15 is 0 Å². The first kappa shape index (κ1) is 14.9. The quantitative estimate of drug-likeness (QED) is 0.690. The molecule has 2 aliphatic rings. The Morgan fingerprint density at radius 1 is 1.00 bits per heavy atom. The van der Waals surface area contributed by atoms with Gasteiger partial charge in [0.15, 0.2) is 0 Å². The highest BCUT2D eigenvalue weighted by molar-refractivity contribution is 5.60. The monoisotopic (exact) mass is 291 g/mol. The van der Waals surface area contributed by atoms with E-state index in [0.717, 1.165) is 13.1 Å². The highest BCUT2D eigenvalue weighted by Gasteiger charge is 2.23. The van der Waals surface area contributed by atoms with Gasteiger partial charge in [-0.2, -0.15) is 0 Å². The summed E-state index contributed by atoms with van der Waals surface area (Å²) in [4.78, 5) is 2.58. The largest absolute Gasteiger partial charge is 0.371 e. The van der Waals surface area contributed by atoms with Crippen molar-refractivity contribution in [2.45, 2.75) is 33.6 Å². The van der Waals surface area contributed by atoms with Crippen LogP contribution in [-0.4, -0.2) is 13.1 Å². The highest BCUT2D eigenvalue weighted by Crippen LogP contribution is 2.32. The summed E-state index contributed by atoms with van der Waals surface area (Å²) in [5.41, 5.74) is 10.2. The zero-order chi connectivity index (χ0) is 15.5. The van der Waals surface area contributed by atoms with Crippen molar-refractivity contribution in [1.82, 2.24) is 0 Å². The number of benzene rings is 1. The molecule has 0 amide bonds. The lowest BCUT2D eigenvalue weighted by Crippen LogP contribution is -2.35. The van der Waals surface area contributed by atoms with Crippen LogP contribution < -0.4 is 4.90 Å². The Morgan fingerprint density at radius 2 is 1.68 bits per heavy atom. The van der Waals surface area contributed by atoms with Gasteiger partial charge in [0.2, 0.25) is 0 Å². The summed E-state index contributed by atoms with van der Waals surface area (Å²) < 4.78 is 0. The van der Waals surface area contributed by atoms with Crippen LogP contribution in [0.5, 0.6) is 0 Å². The molecule has 0 spiro atoms. The third-order valence-corrected chi connectivity index (χ3v) is 4.77. The number of nitrogens with zero attached hydrogens (tertiary/aromatic N) is 1. The van der Waals surface area contributed by atoms with Gasteiger partial charge in [-0.3, -0.25) is 0 Å². The van der Waals surface area contributed by atoms with Crippen LogP contribution in [-0.2, 0) is 0 Å². The van der Waals surface area contributed by atoms with Gasteiger partial charge >= 0.3 is 0 Å². The lowest BCUT2D eigenvalue weighted by Gasteiger charge is -2.36. The van der Waals surface area contributed by atoms with Gasteiger partial charge in [0.25, 0.3) is 0 Å². The van der Waals surface area contributed by atoms with Crippen LogP contribution in [0.15, 0.2) is 53.8 Å².